The van der Waals surface area contributed by atoms with Crippen LogP contribution in [0.1, 0.15) is 32.6 Å². The largest absolute Gasteiger partial charge is 0.491 e. The summed E-state index contributed by atoms with van der Waals surface area (Å²) in [6.07, 6.45) is 4.59. The Labute approximate surface area is 126 Å². The van der Waals surface area contributed by atoms with Gasteiger partial charge in [0.15, 0.2) is 0 Å². The fourth-order valence-electron chi connectivity index (χ4n) is 2.26. The Bertz CT molecular complexity index is 409. The highest BCUT2D eigenvalue weighted by molar-refractivity contribution is 6.30. The number of ether oxygens (including phenoxy) is 1. The maximum absolute atomic E-state index is 9.95. The zero-order valence-electron chi connectivity index (χ0n) is 12.0. The molecule has 2 atom stereocenters. The number of hydrogen-bond acceptors (Lipinski definition) is 3. The van der Waals surface area contributed by atoms with Crippen LogP contribution in [0.25, 0.3) is 0 Å². The summed E-state index contributed by atoms with van der Waals surface area (Å²) in [7, 11) is 0. The summed E-state index contributed by atoms with van der Waals surface area (Å²) in [5.41, 5.74) is 0. The quantitative estimate of drug-likeness (QED) is 0.735. The van der Waals surface area contributed by atoms with Crippen molar-refractivity contribution < 1.29 is 9.84 Å². The maximum Gasteiger partial charge on any atom is 0.120 e. The van der Waals surface area contributed by atoms with Gasteiger partial charge < -0.3 is 15.2 Å². The molecule has 0 bridgehead atoms. The second-order valence-corrected chi connectivity index (χ2v) is 6.05. The summed E-state index contributed by atoms with van der Waals surface area (Å²) in [5, 5.41) is 14.0. The van der Waals surface area contributed by atoms with E-state index < -0.39 is 6.10 Å². The number of rotatable bonds is 9. The fourth-order valence-corrected chi connectivity index (χ4v) is 2.44. The first kappa shape index (κ1) is 15.6. The lowest BCUT2D eigenvalue weighted by atomic mass is 10.1. The first-order valence-electron chi connectivity index (χ1n) is 7.47. The summed E-state index contributed by atoms with van der Waals surface area (Å²) in [6.45, 7) is 3.05. The van der Waals surface area contributed by atoms with Gasteiger partial charge in [-0.15, -0.1) is 0 Å². The summed E-state index contributed by atoms with van der Waals surface area (Å²) in [5.74, 6) is 1.61. The van der Waals surface area contributed by atoms with E-state index in [0.29, 0.717) is 23.4 Å². The third-order valence-electron chi connectivity index (χ3n) is 3.69. The van der Waals surface area contributed by atoms with Crippen LogP contribution >= 0.6 is 11.6 Å². The highest BCUT2D eigenvalue weighted by Crippen LogP contribution is 2.33. The van der Waals surface area contributed by atoms with Crippen LogP contribution in [0.2, 0.25) is 5.02 Å². The molecule has 3 nitrogen and oxygen atoms in total. The van der Waals surface area contributed by atoms with E-state index in [1.54, 1.807) is 12.1 Å². The monoisotopic (exact) mass is 297 g/mol. The second kappa shape index (κ2) is 7.87. The van der Waals surface area contributed by atoms with Crippen molar-refractivity contribution in [2.45, 2.75) is 44.8 Å². The minimum atomic E-state index is -0.498. The van der Waals surface area contributed by atoms with E-state index in [-0.39, 0.29) is 6.61 Å². The van der Waals surface area contributed by atoms with Gasteiger partial charge in [0.1, 0.15) is 18.5 Å². The molecular formula is C16H24ClNO2. The number of aliphatic hydroxyl groups excluding tert-OH is 1. The van der Waals surface area contributed by atoms with E-state index in [1.165, 1.54) is 19.3 Å². The Balaban J connectivity index is 1.65. The van der Waals surface area contributed by atoms with Gasteiger partial charge in [-0.2, -0.15) is 0 Å². The van der Waals surface area contributed by atoms with Crippen molar-refractivity contribution in [1.29, 1.82) is 0 Å². The molecule has 1 aliphatic rings. The van der Waals surface area contributed by atoms with Crippen LogP contribution in [0.3, 0.4) is 0 Å². The second-order valence-electron chi connectivity index (χ2n) is 5.61. The smallest absolute Gasteiger partial charge is 0.120 e. The molecule has 1 saturated carbocycles. The molecule has 0 radical (unpaired) electrons. The summed E-state index contributed by atoms with van der Waals surface area (Å²) >= 11 is 5.88. The molecule has 1 fully saturated rings. The van der Waals surface area contributed by atoms with Gasteiger partial charge in [-0.3, -0.25) is 0 Å². The van der Waals surface area contributed by atoms with E-state index in [1.807, 2.05) is 12.1 Å². The number of halogens is 1. The number of nitrogens with one attached hydrogen (secondary N) is 1. The molecule has 2 unspecified atom stereocenters. The van der Waals surface area contributed by atoms with Crippen LogP contribution in [-0.4, -0.2) is 30.4 Å². The molecule has 112 valence electrons. The number of benzene rings is 1. The van der Waals surface area contributed by atoms with Crippen molar-refractivity contribution in [2.75, 3.05) is 13.2 Å². The van der Waals surface area contributed by atoms with Crippen LogP contribution in [0.4, 0.5) is 0 Å². The highest BCUT2D eigenvalue weighted by atomic mass is 35.5. The van der Waals surface area contributed by atoms with Crippen LogP contribution in [0, 0.1) is 5.92 Å². The Morgan fingerprint density at radius 1 is 1.45 bits per heavy atom. The molecule has 0 heterocycles. The van der Waals surface area contributed by atoms with E-state index >= 15 is 0 Å². The molecule has 0 aliphatic heterocycles. The van der Waals surface area contributed by atoms with E-state index in [9.17, 15) is 5.11 Å². The molecule has 1 aliphatic carbocycles. The third-order valence-corrected chi connectivity index (χ3v) is 3.92. The Morgan fingerprint density at radius 3 is 2.90 bits per heavy atom. The Hall–Kier alpha value is -0.770. The van der Waals surface area contributed by atoms with Gasteiger partial charge in [-0.1, -0.05) is 37.4 Å². The SMILES string of the molecule is CCC(CC1CC1)NCC(O)COc1cccc(Cl)c1. The molecule has 4 heteroatoms. The van der Waals surface area contributed by atoms with Crippen molar-refractivity contribution in [3.63, 3.8) is 0 Å². The van der Waals surface area contributed by atoms with Crippen LogP contribution in [-0.2, 0) is 0 Å². The predicted octanol–water partition coefficient (Wildman–Crippen LogP) is 3.25. The van der Waals surface area contributed by atoms with Gasteiger partial charge in [0, 0.05) is 17.6 Å². The van der Waals surface area contributed by atoms with Gasteiger partial charge in [0.2, 0.25) is 0 Å². The Kier molecular flexibility index (Phi) is 6.14. The summed E-state index contributed by atoms with van der Waals surface area (Å²) in [4.78, 5) is 0. The molecule has 0 aromatic heterocycles. The zero-order valence-corrected chi connectivity index (χ0v) is 12.8. The molecule has 0 spiro atoms. The number of aliphatic hydroxyl groups is 1. The molecule has 0 amide bonds. The van der Waals surface area contributed by atoms with Gasteiger partial charge in [0.05, 0.1) is 0 Å². The molecule has 1 aromatic carbocycles. The highest BCUT2D eigenvalue weighted by Gasteiger charge is 2.24. The molecule has 2 N–H and O–H groups in total. The van der Waals surface area contributed by atoms with Crippen molar-refractivity contribution in [3.05, 3.63) is 29.3 Å². The lowest BCUT2D eigenvalue weighted by molar-refractivity contribution is 0.103. The standard InChI is InChI=1S/C16H24ClNO2/c1-2-14(8-12-6-7-12)18-10-15(19)11-20-16-5-3-4-13(17)9-16/h3-5,9,12,14-15,18-19H,2,6-8,10-11H2,1H3. The maximum atomic E-state index is 9.95. The van der Waals surface area contributed by atoms with Gasteiger partial charge in [-0.05, 0) is 37.0 Å². The average molecular weight is 298 g/mol. The molecule has 1 aromatic rings. The van der Waals surface area contributed by atoms with Crippen LogP contribution in [0.15, 0.2) is 24.3 Å². The Morgan fingerprint density at radius 2 is 2.25 bits per heavy atom. The molecule has 2 rings (SSSR count). The summed E-state index contributed by atoms with van der Waals surface area (Å²) < 4.78 is 5.53. The van der Waals surface area contributed by atoms with Gasteiger partial charge in [-0.25, -0.2) is 0 Å². The average Bonchev–Trinajstić information content (AvgIpc) is 3.25. The minimum absolute atomic E-state index is 0.285. The normalized spacial score (nSPS) is 17.8. The van der Waals surface area contributed by atoms with Crippen molar-refractivity contribution in [2.24, 2.45) is 5.92 Å². The lowest BCUT2D eigenvalue weighted by Crippen LogP contribution is -2.38. The van der Waals surface area contributed by atoms with E-state index in [4.69, 9.17) is 16.3 Å². The lowest BCUT2D eigenvalue weighted by Gasteiger charge is -2.19. The number of hydrogen-bond donors (Lipinski definition) is 2. The third kappa shape index (κ3) is 5.70. The van der Waals surface area contributed by atoms with Gasteiger partial charge in [0.25, 0.3) is 0 Å². The van der Waals surface area contributed by atoms with E-state index in [0.717, 1.165) is 12.3 Å². The summed E-state index contributed by atoms with van der Waals surface area (Å²) in [6, 6.07) is 7.75. The van der Waals surface area contributed by atoms with Crippen molar-refractivity contribution in [3.8, 4) is 5.75 Å². The van der Waals surface area contributed by atoms with Crippen molar-refractivity contribution >= 4 is 11.6 Å². The predicted molar refractivity (Wildman–Crippen MR) is 82.4 cm³/mol. The topological polar surface area (TPSA) is 41.5 Å². The van der Waals surface area contributed by atoms with Crippen LogP contribution < -0.4 is 10.1 Å². The molecule has 0 saturated heterocycles. The molecular weight excluding hydrogens is 274 g/mol. The van der Waals surface area contributed by atoms with Crippen molar-refractivity contribution in [1.82, 2.24) is 5.32 Å². The fraction of sp³-hybridized carbons (Fsp3) is 0.625. The zero-order chi connectivity index (χ0) is 14.4. The minimum Gasteiger partial charge on any atom is -0.491 e. The first-order chi connectivity index (χ1) is 9.67. The van der Waals surface area contributed by atoms with Crippen LogP contribution in [0.5, 0.6) is 5.75 Å². The first-order valence-corrected chi connectivity index (χ1v) is 7.85. The van der Waals surface area contributed by atoms with Gasteiger partial charge >= 0.3 is 0 Å². The van der Waals surface area contributed by atoms with E-state index in [2.05, 4.69) is 12.2 Å². The molecule has 20 heavy (non-hydrogen) atoms.